The molecule has 5 heteroatoms. The number of nitrogens with one attached hydrogen (secondary N) is 1. The number of ether oxygens (including phenoxy) is 1. The number of hydrogen-bond donors (Lipinski definition) is 2. The van der Waals surface area contributed by atoms with E-state index >= 15 is 0 Å². The van der Waals surface area contributed by atoms with Gasteiger partial charge in [0.15, 0.2) is 6.10 Å². The van der Waals surface area contributed by atoms with E-state index < -0.39 is 18.2 Å². The summed E-state index contributed by atoms with van der Waals surface area (Å²) in [7, 11) is 0. The lowest BCUT2D eigenvalue weighted by Crippen LogP contribution is -2.45. The second kappa shape index (κ2) is 5.15. The molecule has 2 atom stereocenters. The van der Waals surface area contributed by atoms with Gasteiger partial charge in [0.05, 0.1) is 11.7 Å². The Hall–Kier alpha value is -1.88. The summed E-state index contributed by atoms with van der Waals surface area (Å²) in [5.41, 5.74) is 1.28. The number of rotatable bonds is 4. The largest absolute Gasteiger partial charge is 0.448 e. The fourth-order valence-corrected chi connectivity index (χ4v) is 2.57. The summed E-state index contributed by atoms with van der Waals surface area (Å²) < 4.78 is 5.18. The second-order valence-corrected chi connectivity index (χ2v) is 6.17. The van der Waals surface area contributed by atoms with Crippen LogP contribution in [0.2, 0.25) is 0 Å². The van der Waals surface area contributed by atoms with Crippen LogP contribution in [0.15, 0.2) is 24.3 Å². The third-order valence-electron chi connectivity index (χ3n) is 4.50. The number of hydrogen-bond acceptors (Lipinski definition) is 4. The zero-order chi connectivity index (χ0) is 15.0. The summed E-state index contributed by atoms with van der Waals surface area (Å²) in [4.78, 5) is 24.0. The maximum atomic E-state index is 12.1. The Balaban J connectivity index is 1.60. The molecule has 1 aliphatic heterocycles. The van der Waals surface area contributed by atoms with Gasteiger partial charge in [-0.2, -0.15) is 0 Å². The average Bonchev–Trinajstić information content (AvgIpc) is 3.23. The molecule has 2 unspecified atom stereocenters. The van der Waals surface area contributed by atoms with Crippen LogP contribution in [0.5, 0.6) is 0 Å². The summed E-state index contributed by atoms with van der Waals surface area (Å²) in [6.45, 7) is 2.20. The zero-order valence-corrected chi connectivity index (χ0v) is 12.0. The molecule has 1 amide bonds. The highest BCUT2D eigenvalue weighted by molar-refractivity contribution is 5.95. The molecule has 0 aromatic heterocycles. The molecule has 21 heavy (non-hydrogen) atoms. The predicted molar refractivity (Wildman–Crippen MR) is 75.7 cm³/mol. The van der Waals surface area contributed by atoms with E-state index in [1.807, 2.05) is 19.1 Å². The molecule has 1 aromatic carbocycles. The molecule has 1 saturated carbocycles. The van der Waals surface area contributed by atoms with E-state index in [0.717, 1.165) is 18.4 Å². The van der Waals surface area contributed by atoms with Gasteiger partial charge < -0.3 is 15.2 Å². The number of carbonyl (C=O) groups excluding carboxylic acids is 2. The van der Waals surface area contributed by atoms with Gasteiger partial charge in [-0.1, -0.05) is 25.1 Å². The number of carbonyl (C=O) groups is 2. The van der Waals surface area contributed by atoms with Gasteiger partial charge >= 0.3 is 5.97 Å². The number of cyclic esters (lactones) is 1. The van der Waals surface area contributed by atoms with Crippen molar-refractivity contribution in [2.75, 3.05) is 6.54 Å². The van der Waals surface area contributed by atoms with Crippen LogP contribution in [0.1, 0.15) is 35.7 Å². The monoisotopic (exact) mass is 289 g/mol. The normalized spacial score (nSPS) is 23.7. The highest BCUT2D eigenvalue weighted by Gasteiger charge is 2.44. The molecule has 2 aliphatic rings. The Morgan fingerprint density at radius 2 is 2.19 bits per heavy atom. The van der Waals surface area contributed by atoms with E-state index in [2.05, 4.69) is 5.32 Å². The van der Waals surface area contributed by atoms with Crippen molar-refractivity contribution in [1.82, 2.24) is 5.32 Å². The minimum absolute atomic E-state index is 0.0663. The van der Waals surface area contributed by atoms with Crippen LogP contribution in [-0.2, 0) is 16.0 Å². The summed E-state index contributed by atoms with van der Waals surface area (Å²) in [5, 5.41) is 12.7. The van der Waals surface area contributed by atoms with E-state index in [4.69, 9.17) is 4.74 Å². The summed E-state index contributed by atoms with van der Waals surface area (Å²) in [5.74, 6) is -0.812. The number of benzene rings is 1. The van der Waals surface area contributed by atoms with Crippen molar-refractivity contribution in [2.24, 2.45) is 5.41 Å². The number of fused-ring (bicyclic) bond motifs is 1. The van der Waals surface area contributed by atoms with Crippen molar-refractivity contribution in [2.45, 2.75) is 38.4 Å². The Kier molecular flexibility index (Phi) is 3.45. The highest BCUT2D eigenvalue weighted by atomic mass is 16.5. The summed E-state index contributed by atoms with van der Waals surface area (Å²) in [6.07, 6.45) is 0.979. The van der Waals surface area contributed by atoms with Crippen LogP contribution in [0, 0.1) is 5.41 Å². The second-order valence-electron chi connectivity index (χ2n) is 6.17. The van der Waals surface area contributed by atoms with E-state index in [0.29, 0.717) is 12.0 Å². The fourth-order valence-electron chi connectivity index (χ4n) is 2.57. The van der Waals surface area contributed by atoms with Crippen molar-refractivity contribution in [3.8, 4) is 0 Å². The van der Waals surface area contributed by atoms with E-state index in [1.54, 1.807) is 12.1 Å². The topological polar surface area (TPSA) is 75.6 Å². The first-order valence-electron chi connectivity index (χ1n) is 7.24. The molecule has 0 bridgehead atoms. The first-order valence-corrected chi connectivity index (χ1v) is 7.24. The first kappa shape index (κ1) is 14.1. The Labute approximate surface area is 123 Å². The molecule has 0 radical (unpaired) electrons. The number of esters is 1. The lowest BCUT2D eigenvalue weighted by Gasteiger charge is -2.25. The minimum Gasteiger partial charge on any atom is -0.448 e. The van der Waals surface area contributed by atoms with Crippen LogP contribution in [0.3, 0.4) is 0 Å². The third kappa shape index (κ3) is 2.78. The fraction of sp³-hybridized carbons (Fsp3) is 0.500. The molecule has 2 N–H and O–H groups in total. The number of aliphatic hydroxyl groups is 1. The minimum atomic E-state index is -0.813. The molecule has 3 rings (SSSR count). The molecule has 1 aromatic rings. The van der Waals surface area contributed by atoms with E-state index in [9.17, 15) is 14.7 Å². The van der Waals surface area contributed by atoms with Crippen molar-refractivity contribution < 1.29 is 19.4 Å². The molecule has 1 aliphatic carbocycles. The lowest BCUT2D eigenvalue weighted by molar-refractivity contribution is -0.131. The summed E-state index contributed by atoms with van der Waals surface area (Å²) >= 11 is 0. The van der Waals surface area contributed by atoms with Crippen molar-refractivity contribution in [1.29, 1.82) is 0 Å². The van der Waals surface area contributed by atoms with Gasteiger partial charge in [0.1, 0.15) is 0 Å². The standard InChI is InChI=1S/C16H19NO4/c1-16(6-7-16)13(18)9-17-14(19)12-8-10-4-2-3-5-11(10)15(20)21-12/h2-5,12-13,18H,6-9H2,1H3,(H,17,19). The van der Waals surface area contributed by atoms with Gasteiger partial charge in [-0.05, 0) is 29.9 Å². The summed E-state index contributed by atoms with van der Waals surface area (Å²) in [6, 6.07) is 7.14. The molecule has 5 nitrogen and oxygen atoms in total. The van der Waals surface area contributed by atoms with Gasteiger partial charge in [0.2, 0.25) is 0 Å². The van der Waals surface area contributed by atoms with Gasteiger partial charge in [0.25, 0.3) is 5.91 Å². The number of amides is 1. The van der Waals surface area contributed by atoms with Gasteiger partial charge in [-0.15, -0.1) is 0 Å². The van der Waals surface area contributed by atoms with Crippen molar-refractivity contribution in [3.63, 3.8) is 0 Å². The molecule has 112 valence electrons. The molecule has 1 heterocycles. The first-order chi connectivity index (χ1) is 9.99. The smallest absolute Gasteiger partial charge is 0.339 e. The highest BCUT2D eigenvalue weighted by Crippen LogP contribution is 2.47. The van der Waals surface area contributed by atoms with E-state index in [1.165, 1.54) is 0 Å². The van der Waals surface area contributed by atoms with Gasteiger partial charge in [0, 0.05) is 13.0 Å². The van der Waals surface area contributed by atoms with Crippen LogP contribution < -0.4 is 5.32 Å². The average molecular weight is 289 g/mol. The quantitative estimate of drug-likeness (QED) is 0.812. The van der Waals surface area contributed by atoms with E-state index in [-0.39, 0.29) is 17.9 Å². The maximum Gasteiger partial charge on any atom is 0.339 e. The molecule has 0 spiro atoms. The number of aliphatic hydroxyl groups excluding tert-OH is 1. The van der Waals surface area contributed by atoms with Crippen LogP contribution in [0.25, 0.3) is 0 Å². The Bertz CT molecular complexity index is 579. The van der Waals surface area contributed by atoms with Crippen LogP contribution in [-0.4, -0.2) is 35.7 Å². The van der Waals surface area contributed by atoms with Crippen molar-refractivity contribution in [3.05, 3.63) is 35.4 Å². The van der Waals surface area contributed by atoms with Gasteiger partial charge in [-0.25, -0.2) is 4.79 Å². The lowest BCUT2D eigenvalue weighted by atomic mass is 9.98. The van der Waals surface area contributed by atoms with Gasteiger partial charge in [-0.3, -0.25) is 4.79 Å². The molecular formula is C16H19NO4. The molecular weight excluding hydrogens is 270 g/mol. The maximum absolute atomic E-state index is 12.1. The molecule has 0 saturated heterocycles. The molecule has 1 fully saturated rings. The SMILES string of the molecule is CC1(C(O)CNC(=O)C2Cc3ccccc3C(=O)O2)CC1. The zero-order valence-electron chi connectivity index (χ0n) is 12.0. The Morgan fingerprint density at radius 1 is 1.48 bits per heavy atom. The van der Waals surface area contributed by atoms with Crippen LogP contribution in [0.4, 0.5) is 0 Å². The Morgan fingerprint density at radius 3 is 2.90 bits per heavy atom. The third-order valence-corrected chi connectivity index (χ3v) is 4.50. The predicted octanol–water partition coefficient (Wildman–Crippen LogP) is 1.05. The van der Waals surface area contributed by atoms with Crippen LogP contribution >= 0.6 is 0 Å². The van der Waals surface area contributed by atoms with Crippen molar-refractivity contribution >= 4 is 11.9 Å².